The molecule has 90 valence electrons. The first-order valence-electron chi connectivity index (χ1n) is 5.10. The second-order valence-corrected chi connectivity index (χ2v) is 4.56. The summed E-state index contributed by atoms with van der Waals surface area (Å²) in [7, 11) is 3.04. The fourth-order valence-corrected chi connectivity index (χ4v) is 1.49. The van der Waals surface area contributed by atoms with E-state index in [1.54, 1.807) is 0 Å². The van der Waals surface area contributed by atoms with E-state index in [1.807, 2.05) is 0 Å². The van der Waals surface area contributed by atoms with Crippen LogP contribution in [0.1, 0.15) is 32.0 Å². The summed E-state index contributed by atoms with van der Waals surface area (Å²) in [5.74, 6) is 0.850. The molecule has 6 heteroatoms. The molecule has 0 fully saturated rings. The SMILES string of the molecule is CCC(Br)C(C)c1nc(OC)nc(OC)n1. The third-order valence-electron chi connectivity index (χ3n) is 2.32. The van der Waals surface area contributed by atoms with Crippen LogP contribution in [-0.4, -0.2) is 34.0 Å². The van der Waals surface area contributed by atoms with E-state index < -0.39 is 0 Å². The topological polar surface area (TPSA) is 57.1 Å². The lowest BCUT2D eigenvalue weighted by atomic mass is 10.1. The molecule has 0 aliphatic rings. The summed E-state index contributed by atoms with van der Waals surface area (Å²) in [4.78, 5) is 12.7. The molecule has 0 aliphatic carbocycles. The minimum absolute atomic E-state index is 0.177. The third kappa shape index (κ3) is 3.04. The van der Waals surface area contributed by atoms with Crippen molar-refractivity contribution in [2.45, 2.75) is 31.0 Å². The van der Waals surface area contributed by atoms with Crippen molar-refractivity contribution in [3.63, 3.8) is 0 Å². The summed E-state index contributed by atoms with van der Waals surface area (Å²) in [5, 5.41) is 0. The van der Waals surface area contributed by atoms with Crippen LogP contribution in [0, 0.1) is 0 Å². The minimum Gasteiger partial charge on any atom is -0.467 e. The molecule has 0 bridgehead atoms. The summed E-state index contributed by atoms with van der Waals surface area (Å²) >= 11 is 3.59. The zero-order valence-corrected chi connectivity index (χ0v) is 11.5. The number of alkyl halides is 1. The number of rotatable bonds is 5. The lowest BCUT2D eigenvalue weighted by Gasteiger charge is -2.15. The van der Waals surface area contributed by atoms with Gasteiger partial charge in [-0.2, -0.15) is 9.97 Å². The predicted octanol–water partition coefficient (Wildman–Crippen LogP) is 2.17. The molecule has 2 unspecified atom stereocenters. The van der Waals surface area contributed by atoms with Gasteiger partial charge in [0.15, 0.2) is 0 Å². The van der Waals surface area contributed by atoms with Gasteiger partial charge in [-0.05, 0) is 6.42 Å². The quantitative estimate of drug-likeness (QED) is 0.778. The van der Waals surface area contributed by atoms with E-state index in [0.29, 0.717) is 10.7 Å². The first-order chi connectivity index (χ1) is 7.62. The van der Waals surface area contributed by atoms with Crippen molar-refractivity contribution in [2.75, 3.05) is 14.2 Å². The first-order valence-corrected chi connectivity index (χ1v) is 6.01. The number of halogens is 1. The van der Waals surface area contributed by atoms with Crippen LogP contribution in [0.25, 0.3) is 0 Å². The number of methoxy groups -OCH3 is 2. The molecule has 2 atom stereocenters. The van der Waals surface area contributed by atoms with Crippen LogP contribution in [0.3, 0.4) is 0 Å². The Kier molecular flexibility index (Phi) is 4.92. The van der Waals surface area contributed by atoms with Crippen LogP contribution in [0.15, 0.2) is 0 Å². The van der Waals surface area contributed by atoms with Crippen molar-refractivity contribution < 1.29 is 9.47 Å². The molecule has 1 rings (SSSR count). The van der Waals surface area contributed by atoms with Gasteiger partial charge in [0.05, 0.1) is 14.2 Å². The fourth-order valence-electron chi connectivity index (χ4n) is 1.25. The van der Waals surface area contributed by atoms with Gasteiger partial charge in [-0.3, -0.25) is 0 Å². The summed E-state index contributed by atoms with van der Waals surface area (Å²) in [6, 6.07) is 0.564. The largest absolute Gasteiger partial charge is 0.467 e. The van der Waals surface area contributed by atoms with Gasteiger partial charge in [0, 0.05) is 10.7 Å². The van der Waals surface area contributed by atoms with E-state index in [4.69, 9.17) is 9.47 Å². The molecule has 1 aromatic heterocycles. The van der Waals surface area contributed by atoms with Gasteiger partial charge in [0.2, 0.25) is 0 Å². The van der Waals surface area contributed by atoms with Gasteiger partial charge in [-0.1, -0.05) is 29.8 Å². The van der Waals surface area contributed by atoms with Crippen molar-refractivity contribution in [3.8, 4) is 12.0 Å². The Bertz CT molecular complexity index is 327. The molecule has 1 heterocycles. The van der Waals surface area contributed by atoms with Crippen molar-refractivity contribution >= 4 is 15.9 Å². The summed E-state index contributed by atoms with van der Waals surface area (Å²) in [6.07, 6.45) is 0.998. The average molecular weight is 290 g/mol. The predicted molar refractivity (Wildman–Crippen MR) is 64.4 cm³/mol. The number of aromatic nitrogens is 3. The van der Waals surface area contributed by atoms with Gasteiger partial charge in [-0.25, -0.2) is 0 Å². The van der Waals surface area contributed by atoms with E-state index in [9.17, 15) is 0 Å². The molecular weight excluding hydrogens is 274 g/mol. The molecule has 0 amide bonds. The van der Waals surface area contributed by atoms with Crippen LogP contribution in [0.2, 0.25) is 0 Å². The van der Waals surface area contributed by atoms with Gasteiger partial charge in [-0.15, -0.1) is 4.98 Å². The smallest absolute Gasteiger partial charge is 0.322 e. The van der Waals surface area contributed by atoms with Crippen LogP contribution >= 0.6 is 15.9 Å². The molecule has 0 saturated carbocycles. The van der Waals surface area contributed by atoms with Gasteiger partial charge in [0.1, 0.15) is 5.82 Å². The summed E-state index contributed by atoms with van der Waals surface area (Å²) < 4.78 is 10.0. The summed E-state index contributed by atoms with van der Waals surface area (Å²) in [5.41, 5.74) is 0. The fraction of sp³-hybridized carbons (Fsp3) is 0.700. The maximum Gasteiger partial charge on any atom is 0.322 e. The molecule has 0 spiro atoms. The molecule has 0 saturated heterocycles. The number of ether oxygens (including phenoxy) is 2. The van der Waals surface area contributed by atoms with Crippen LogP contribution in [0.4, 0.5) is 0 Å². The van der Waals surface area contributed by atoms with Crippen molar-refractivity contribution in [1.82, 2.24) is 15.0 Å². The maximum absolute atomic E-state index is 5.00. The Balaban J connectivity index is 3.02. The highest BCUT2D eigenvalue weighted by atomic mass is 79.9. The Morgan fingerprint density at radius 1 is 1.12 bits per heavy atom. The van der Waals surface area contributed by atoms with Crippen molar-refractivity contribution in [3.05, 3.63) is 5.82 Å². The lowest BCUT2D eigenvalue weighted by Crippen LogP contribution is -2.13. The second-order valence-electron chi connectivity index (χ2n) is 3.38. The van der Waals surface area contributed by atoms with Crippen LogP contribution in [0.5, 0.6) is 12.0 Å². The molecule has 0 aliphatic heterocycles. The van der Waals surface area contributed by atoms with E-state index in [2.05, 4.69) is 44.7 Å². The third-order valence-corrected chi connectivity index (χ3v) is 3.76. The first kappa shape index (κ1) is 13.2. The van der Waals surface area contributed by atoms with Crippen molar-refractivity contribution in [2.24, 2.45) is 0 Å². The lowest BCUT2D eigenvalue weighted by molar-refractivity contribution is 0.334. The number of nitrogens with zero attached hydrogens (tertiary/aromatic N) is 3. The van der Waals surface area contributed by atoms with Gasteiger partial charge < -0.3 is 9.47 Å². The monoisotopic (exact) mass is 289 g/mol. The zero-order chi connectivity index (χ0) is 12.1. The zero-order valence-electron chi connectivity index (χ0n) is 9.90. The van der Waals surface area contributed by atoms with Gasteiger partial charge in [0.25, 0.3) is 0 Å². The van der Waals surface area contributed by atoms with Crippen molar-refractivity contribution in [1.29, 1.82) is 0 Å². The Morgan fingerprint density at radius 2 is 1.62 bits per heavy atom. The molecular formula is C10H16BrN3O2. The summed E-state index contributed by atoms with van der Waals surface area (Å²) in [6.45, 7) is 4.16. The number of hydrogen-bond donors (Lipinski definition) is 0. The molecule has 1 aromatic rings. The van der Waals surface area contributed by atoms with E-state index in [0.717, 1.165) is 6.42 Å². The normalized spacial score (nSPS) is 14.3. The average Bonchev–Trinajstić information content (AvgIpc) is 2.35. The standard InChI is InChI=1S/C10H16BrN3O2/c1-5-7(11)6(2)8-12-9(15-3)14-10(13-8)16-4/h6-7H,5H2,1-4H3. The van der Waals surface area contributed by atoms with E-state index in [1.165, 1.54) is 14.2 Å². The van der Waals surface area contributed by atoms with Crippen LogP contribution < -0.4 is 9.47 Å². The Morgan fingerprint density at radius 3 is 2.00 bits per heavy atom. The van der Waals surface area contributed by atoms with E-state index >= 15 is 0 Å². The molecule has 16 heavy (non-hydrogen) atoms. The molecule has 0 radical (unpaired) electrons. The Hall–Kier alpha value is -0.910. The molecule has 5 nitrogen and oxygen atoms in total. The van der Waals surface area contributed by atoms with E-state index in [-0.39, 0.29) is 17.9 Å². The van der Waals surface area contributed by atoms with Gasteiger partial charge >= 0.3 is 12.0 Å². The molecule has 0 N–H and O–H groups in total. The number of hydrogen-bond acceptors (Lipinski definition) is 5. The molecule has 0 aromatic carbocycles. The minimum atomic E-state index is 0.177. The second kappa shape index (κ2) is 5.98. The van der Waals surface area contributed by atoms with Crippen LogP contribution in [-0.2, 0) is 0 Å². The highest BCUT2D eigenvalue weighted by Gasteiger charge is 2.19. The maximum atomic E-state index is 5.00. The highest BCUT2D eigenvalue weighted by molar-refractivity contribution is 9.09. The highest BCUT2D eigenvalue weighted by Crippen LogP contribution is 2.26. The Labute approximate surface area is 104 Å².